The fourth-order valence-electron chi connectivity index (χ4n) is 4.25. The number of ether oxygens (including phenoxy) is 1. The maximum atomic E-state index is 13.6. The van der Waals surface area contributed by atoms with Gasteiger partial charge in [-0.2, -0.15) is 5.10 Å². The molecule has 0 radical (unpaired) electrons. The van der Waals surface area contributed by atoms with Crippen LogP contribution in [-0.2, 0) is 11.3 Å². The topological polar surface area (TPSA) is 59.0 Å². The van der Waals surface area contributed by atoms with Crippen LogP contribution in [0.3, 0.4) is 0 Å². The van der Waals surface area contributed by atoms with Gasteiger partial charge in [-0.15, -0.1) is 0 Å². The number of methoxy groups -OCH3 is 1. The molecular weight excluding hydrogens is 471 g/mol. The number of hydrogen-bond acceptors (Lipinski definition) is 4. The number of Topliss-reactive ketones (excluding diaryl/α,β-unsaturated/α-hetero) is 1. The van der Waals surface area contributed by atoms with Crippen LogP contribution < -0.4 is 4.74 Å². The molecule has 0 saturated carbocycles. The van der Waals surface area contributed by atoms with Crippen LogP contribution in [0.25, 0.3) is 0 Å². The van der Waals surface area contributed by atoms with Gasteiger partial charge >= 0.3 is 0 Å². The van der Waals surface area contributed by atoms with Gasteiger partial charge < -0.3 is 4.74 Å². The SMILES string of the molecule is COc1ccc([C@@H](CC(=O)c2ccccc2)[C@@H]2C(=O)N(Cc3ccc(Cl)cc3Cl)N=C2C)cc1. The fraction of sp³-hybridized carbons (Fsp3) is 0.222. The van der Waals surface area contributed by atoms with E-state index in [0.717, 1.165) is 11.1 Å². The highest BCUT2D eigenvalue weighted by Crippen LogP contribution is 2.37. The number of ketones is 1. The number of carbonyl (C=O) groups excluding carboxylic acids is 2. The van der Waals surface area contributed by atoms with Crippen molar-refractivity contribution in [3.05, 3.63) is 99.5 Å². The Kier molecular flexibility index (Phi) is 7.35. The number of hydrazone groups is 1. The third-order valence-corrected chi connectivity index (χ3v) is 6.62. The van der Waals surface area contributed by atoms with Crippen LogP contribution in [0.2, 0.25) is 10.0 Å². The minimum atomic E-state index is -0.563. The minimum Gasteiger partial charge on any atom is -0.497 e. The van der Waals surface area contributed by atoms with Crippen LogP contribution in [0.5, 0.6) is 5.75 Å². The van der Waals surface area contributed by atoms with Crippen LogP contribution in [0.15, 0.2) is 77.9 Å². The van der Waals surface area contributed by atoms with Gasteiger partial charge in [0.25, 0.3) is 5.91 Å². The summed E-state index contributed by atoms with van der Waals surface area (Å²) in [6.07, 6.45) is 0.176. The van der Waals surface area contributed by atoms with Crippen molar-refractivity contribution in [2.24, 2.45) is 11.0 Å². The number of benzene rings is 3. The fourth-order valence-corrected chi connectivity index (χ4v) is 4.72. The monoisotopic (exact) mass is 494 g/mol. The lowest BCUT2D eigenvalue weighted by Gasteiger charge is -2.24. The van der Waals surface area contributed by atoms with Crippen LogP contribution in [0.1, 0.15) is 40.7 Å². The molecule has 0 spiro atoms. The Morgan fingerprint density at radius 1 is 1.06 bits per heavy atom. The quantitative estimate of drug-likeness (QED) is 0.340. The van der Waals surface area contributed by atoms with Gasteiger partial charge in [-0.05, 0) is 42.3 Å². The van der Waals surface area contributed by atoms with Crippen molar-refractivity contribution < 1.29 is 14.3 Å². The predicted octanol–water partition coefficient (Wildman–Crippen LogP) is 6.39. The first kappa shape index (κ1) is 24.0. The van der Waals surface area contributed by atoms with Gasteiger partial charge in [-0.3, -0.25) is 9.59 Å². The lowest BCUT2D eigenvalue weighted by Crippen LogP contribution is -2.32. The van der Waals surface area contributed by atoms with E-state index in [1.54, 1.807) is 37.4 Å². The van der Waals surface area contributed by atoms with E-state index in [1.807, 2.05) is 49.4 Å². The highest BCUT2D eigenvalue weighted by Gasteiger charge is 2.41. The zero-order chi connectivity index (χ0) is 24.2. The first-order chi connectivity index (χ1) is 16.4. The minimum absolute atomic E-state index is 0.0267. The molecule has 7 heteroatoms. The Morgan fingerprint density at radius 2 is 1.76 bits per heavy atom. The van der Waals surface area contributed by atoms with Crippen LogP contribution in [-0.4, -0.2) is 29.5 Å². The van der Waals surface area contributed by atoms with E-state index in [9.17, 15) is 9.59 Å². The smallest absolute Gasteiger partial charge is 0.252 e. The van der Waals surface area contributed by atoms with Gasteiger partial charge in [0, 0.05) is 33.7 Å². The molecule has 3 aromatic carbocycles. The number of carbonyl (C=O) groups is 2. The average Bonchev–Trinajstić information content (AvgIpc) is 3.12. The molecule has 1 amide bonds. The predicted molar refractivity (Wildman–Crippen MR) is 135 cm³/mol. The summed E-state index contributed by atoms with van der Waals surface area (Å²) < 4.78 is 5.28. The second kappa shape index (κ2) is 10.4. The zero-order valence-corrected chi connectivity index (χ0v) is 20.4. The number of halogens is 2. The molecule has 1 aliphatic heterocycles. The Bertz CT molecular complexity index is 1230. The number of amides is 1. The standard InChI is InChI=1S/C27H24Cl2N2O3/c1-17-26(27(33)31(30-17)16-20-8-11-21(28)14-24(20)29)23(18-9-12-22(34-2)13-10-18)15-25(32)19-6-4-3-5-7-19/h3-14,23,26H,15-16H2,1-2H3/t23-,26-/m1/s1. The molecule has 174 valence electrons. The summed E-state index contributed by atoms with van der Waals surface area (Å²) in [6, 6.07) is 21.8. The Hall–Kier alpha value is -3.15. The third kappa shape index (κ3) is 5.16. The van der Waals surface area contributed by atoms with Gasteiger partial charge in [0.15, 0.2) is 5.78 Å². The van der Waals surface area contributed by atoms with Crippen molar-refractivity contribution >= 4 is 40.6 Å². The molecule has 3 aromatic rings. The molecule has 5 nitrogen and oxygen atoms in total. The van der Waals surface area contributed by atoms with Crippen LogP contribution in [0, 0.1) is 5.92 Å². The molecule has 1 heterocycles. The molecule has 34 heavy (non-hydrogen) atoms. The van der Waals surface area contributed by atoms with Crippen molar-refractivity contribution in [2.75, 3.05) is 7.11 Å². The Morgan fingerprint density at radius 3 is 2.41 bits per heavy atom. The summed E-state index contributed by atoms with van der Waals surface area (Å²) in [6.45, 7) is 2.06. The molecular formula is C27H24Cl2N2O3. The maximum Gasteiger partial charge on any atom is 0.252 e. The van der Waals surface area contributed by atoms with E-state index < -0.39 is 5.92 Å². The molecule has 0 fully saturated rings. The molecule has 0 saturated heterocycles. The van der Waals surface area contributed by atoms with E-state index >= 15 is 0 Å². The molecule has 2 atom stereocenters. The summed E-state index contributed by atoms with van der Waals surface area (Å²) in [5.74, 6) is -0.418. The van der Waals surface area contributed by atoms with Crippen molar-refractivity contribution in [1.82, 2.24) is 5.01 Å². The van der Waals surface area contributed by atoms with E-state index in [1.165, 1.54) is 5.01 Å². The van der Waals surface area contributed by atoms with Gasteiger partial charge in [0.2, 0.25) is 0 Å². The highest BCUT2D eigenvalue weighted by molar-refractivity contribution is 6.35. The van der Waals surface area contributed by atoms with Crippen LogP contribution >= 0.6 is 23.2 Å². The average molecular weight is 495 g/mol. The van der Waals surface area contributed by atoms with Gasteiger partial charge in [0.05, 0.1) is 19.6 Å². The molecule has 0 N–H and O–H groups in total. The van der Waals surface area contributed by atoms with E-state index in [0.29, 0.717) is 27.1 Å². The molecule has 1 aliphatic rings. The molecule has 4 rings (SSSR count). The van der Waals surface area contributed by atoms with Crippen molar-refractivity contribution in [3.63, 3.8) is 0 Å². The van der Waals surface area contributed by atoms with Gasteiger partial charge in [0.1, 0.15) is 5.75 Å². The molecule has 0 aliphatic carbocycles. The lowest BCUT2D eigenvalue weighted by atomic mass is 9.79. The molecule has 0 aromatic heterocycles. The van der Waals surface area contributed by atoms with Crippen molar-refractivity contribution in [3.8, 4) is 5.75 Å². The second-order valence-electron chi connectivity index (χ2n) is 8.22. The van der Waals surface area contributed by atoms with E-state index in [2.05, 4.69) is 5.10 Å². The van der Waals surface area contributed by atoms with E-state index in [-0.39, 0.29) is 30.6 Å². The lowest BCUT2D eigenvalue weighted by molar-refractivity contribution is -0.132. The summed E-state index contributed by atoms with van der Waals surface area (Å²) in [7, 11) is 1.60. The maximum absolute atomic E-state index is 13.6. The number of nitrogens with zero attached hydrogens (tertiary/aromatic N) is 2. The largest absolute Gasteiger partial charge is 0.497 e. The first-order valence-electron chi connectivity index (χ1n) is 10.9. The second-order valence-corrected chi connectivity index (χ2v) is 9.07. The highest BCUT2D eigenvalue weighted by atomic mass is 35.5. The molecule has 0 unspecified atom stereocenters. The van der Waals surface area contributed by atoms with Gasteiger partial charge in [-0.25, -0.2) is 5.01 Å². The Labute approximate surface area is 208 Å². The first-order valence-corrected chi connectivity index (χ1v) is 11.7. The molecule has 0 bridgehead atoms. The normalized spacial score (nSPS) is 16.4. The summed E-state index contributed by atoms with van der Waals surface area (Å²) in [5, 5.41) is 6.97. The summed E-state index contributed by atoms with van der Waals surface area (Å²) in [5.41, 5.74) is 2.91. The van der Waals surface area contributed by atoms with E-state index in [4.69, 9.17) is 27.9 Å². The van der Waals surface area contributed by atoms with Crippen LogP contribution in [0.4, 0.5) is 0 Å². The summed E-state index contributed by atoms with van der Waals surface area (Å²) >= 11 is 12.3. The van der Waals surface area contributed by atoms with Crippen molar-refractivity contribution in [1.29, 1.82) is 0 Å². The number of hydrogen-bond donors (Lipinski definition) is 0. The third-order valence-electron chi connectivity index (χ3n) is 6.03. The summed E-state index contributed by atoms with van der Waals surface area (Å²) in [4.78, 5) is 26.7. The van der Waals surface area contributed by atoms with Gasteiger partial charge in [-0.1, -0.05) is 71.7 Å². The zero-order valence-electron chi connectivity index (χ0n) is 18.9. The number of rotatable bonds is 8. The van der Waals surface area contributed by atoms with Crippen molar-refractivity contribution in [2.45, 2.75) is 25.8 Å². The Balaban J connectivity index is 1.64.